The van der Waals surface area contributed by atoms with Crippen LogP contribution in [0, 0.1) is 6.92 Å². The summed E-state index contributed by atoms with van der Waals surface area (Å²) in [6, 6.07) is 0. The molecule has 2 heterocycles. The van der Waals surface area contributed by atoms with Crippen LogP contribution in [0.15, 0.2) is 4.52 Å². The first kappa shape index (κ1) is 13.0. The van der Waals surface area contributed by atoms with Crippen molar-refractivity contribution in [3.63, 3.8) is 0 Å². The van der Waals surface area contributed by atoms with Gasteiger partial charge >= 0.3 is 5.97 Å². The minimum atomic E-state index is -0.875. The number of nitrogens with one attached hydrogen (secondary N) is 1. The average molecular weight is 255 g/mol. The van der Waals surface area contributed by atoms with Crippen LogP contribution in [0.2, 0.25) is 0 Å². The van der Waals surface area contributed by atoms with Crippen LogP contribution >= 0.6 is 0 Å². The quantitative estimate of drug-likeness (QED) is 0.698. The van der Waals surface area contributed by atoms with Crippen molar-refractivity contribution in [2.75, 3.05) is 13.1 Å². The zero-order chi connectivity index (χ0) is 13.0. The average Bonchev–Trinajstić information content (AvgIpc) is 2.93. The molecular formula is C11H17N3O4. The van der Waals surface area contributed by atoms with Gasteiger partial charge in [0.05, 0.1) is 6.10 Å². The van der Waals surface area contributed by atoms with Crippen molar-refractivity contribution in [2.24, 2.45) is 0 Å². The summed E-state index contributed by atoms with van der Waals surface area (Å²) in [5, 5.41) is 15.8. The predicted octanol–water partition coefficient (Wildman–Crippen LogP) is 0.142. The molecule has 1 aliphatic rings. The first-order valence-corrected chi connectivity index (χ1v) is 6.03. The molecule has 2 unspecified atom stereocenters. The van der Waals surface area contributed by atoms with Crippen molar-refractivity contribution in [1.82, 2.24) is 15.5 Å². The second-order valence-electron chi connectivity index (χ2n) is 4.35. The van der Waals surface area contributed by atoms with Gasteiger partial charge in [-0.05, 0) is 12.8 Å². The Morgan fingerprint density at radius 2 is 2.39 bits per heavy atom. The summed E-state index contributed by atoms with van der Waals surface area (Å²) in [4.78, 5) is 14.8. The number of nitrogens with zero attached hydrogens (tertiary/aromatic N) is 2. The normalized spacial score (nSPS) is 23.4. The van der Waals surface area contributed by atoms with Gasteiger partial charge < -0.3 is 19.7 Å². The van der Waals surface area contributed by atoms with Gasteiger partial charge in [-0.15, -0.1) is 0 Å². The summed E-state index contributed by atoms with van der Waals surface area (Å²) in [6.07, 6.45) is 1.40. The van der Waals surface area contributed by atoms with Crippen molar-refractivity contribution in [3.05, 3.63) is 11.7 Å². The molecule has 7 heteroatoms. The summed E-state index contributed by atoms with van der Waals surface area (Å²) in [6.45, 7) is 3.12. The van der Waals surface area contributed by atoms with Crippen molar-refractivity contribution >= 4 is 5.97 Å². The molecule has 0 saturated carbocycles. The van der Waals surface area contributed by atoms with E-state index in [2.05, 4.69) is 15.5 Å². The molecule has 1 saturated heterocycles. The Kier molecular flexibility index (Phi) is 4.27. The van der Waals surface area contributed by atoms with Crippen LogP contribution in [0.3, 0.4) is 0 Å². The summed E-state index contributed by atoms with van der Waals surface area (Å²) in [7, 11) is 0. The molecule has 1 fully saturated rings. The van der Waals surface area contributed by atoms with Crippen LogP contribution in [0.4, 0.5) is 0 Å². The Morgan fingerprint density at radius 1 is 1.56 bits per heavy atom. The van der Waals surface area contributed by atoms with Crippen molar-refractivity contribution in [1.29, 1.82) is 0 Å². The number of hydrogen-bond acceptors (Lipinski definition) is 6. The van der Waals surface area contributed by atoms with Gasteiger partial charge in [-0.1, -0.05) is 5.16 Å². The highest BCUT2D eigenvalue weighted by molar-refractivity contribution is 5.72. The number of aryl methyl sites for hydroxylation is 1. The lowest BCUT2D eigenvalue weighted by Crippen LogP contribution is -2.30. The first-order valence-electron chi connectivity index (χ1n) is 6.03. The fourth-order valence-corrected chi connectivity index (χ4v) is 1.94. The van der Waals surface area contributed by atoms with E-state index in [1.807, 2.05) is 0 Å². The topological polar surface area (TPSA) is 97.5 Å². The zero-order valence-electron chi connectivity index (χ0n) is 10.3. The lowest BCUT2D eigenvalue weighted by atomic mass is 10.2. The fourth-order valence-electron chi connectivity index (χ4n) is 1.94. The van der Waals surface area contributed by atoms with Crippen LogP contribution in [-0.2, 0) is 16.0 Å². The first-order chi connectivity index (χ1) is 8.65. The minimum absolute atomic E-state index is 0.0156. The van der Waals surface area contributed by atoms with Gasteiger partial charge in [0.2, 0.25) is 5.89 Å². The Morgan fingerprint density at radius 3 is 3.00 bits per heavy atom. The lowest BCUT2D eigenvalue weighted by Gasteiger charge is -2.11. The van der Waals surface area contributed by atoms with Crippen molar-refractivity contribution in [2.45, 2.75) is 38.4 Å². The van der Waals surface area contributed by atoms with E-state index in [1.54, 1.807) is 6.92 Å². The number of ether oxygens (including phenoxy) is 1. The number of rotatable bonds is 6. The molecule has 1 aromatic rings. The molecule has 100 valence electrons. The molecule has 2 atom stereocenters. The predicted molar refractivity (Wildman–Crippen MR) is 61.1 cm³/mol. The summed E-state index contributed by atoms with van der Waals surface area (Å²) >= 11 is 0. The van der Waals surface area contributed by atoms with Crippen molar-refractivity contribution < 1.29 is 19.2 Å². The maximum Gasteiger partial charge on any atom is 0.332 e. The number of aliphatic carboxylic acids is 1. The third-order valence-electron chi connectivity index (χ3n) is 2.85. The third kappa shape index (κ3) is 3.51. The molecular weight excluding hydrogens is 238 g/mol. The molecule has 0 radical (unpaired) electrons. The molecule has 1 aliphatic heterocycles. The van der Waals surface area contributed by atoms with E-state index in [-0.39, 0.29) is 6.10 Å². The molecule has 0 amide bonds. The van der Waals surface area contributed by atoms with Crippen LogP contribution in [0.5, 0.6) is 0 Å². The van der Waals surface area contributed by atoms with E-state index in [9.17, 15) is 4.79 Å². The third-order valence-corrected chi connectivity index (χ3v) is 2.85. The molecule has 2 N–H and O–H groups in total. The van der Waals surface area contributed by atoms with Crippen LogP contribution < -0.4 is 5.32 Å². The van der Waals surface area contributed by atoms with Crippen molar-refractivity contribution in [3.8, 4) is 0 Å². The second kappa shape index (κ2) is 5.92. The van der Waals surface area contributed by atoms with Crippen LogP contribution in [-0.4, -0.2) is 46.5 Å². The Hall–Kier alpha value is -1.47. The Bertz CT molecular complexity index is 407. The number of carbonyl (C=O) groups is 1. The number of carboxylic acids is 1. The van der Waals surface area contributed by atoms with Gasteiger partial charge in [-0.25, -0.2) is 4.79 Å². The van der Waals surface area contributed by atoms with Crippen LogP contribution in [0.1, 0.15) is 24.6 Å². The minimum Gasteiger partial charge on any atom is -0.479 e. The maximum atomic E-state index is 10.7. The van der Waals surface area contributed by atoms with Crippen LogP contribution in [0.25, 0.3) is 0 Å². The molecule has 18 heavy (non-hydrogen) atoms. The highest BCUT2D eigenvalue weighted by atomic mass is 16.5. The number of carboxylic acid groups (broad SMARTS) is 1. The Labute approximate surface area is 105 Å². The standard InChI is InChI=1S/C11H17N3O4/c1-7-13-10(14-18-7)4-5-12-6-8-2-3-9(17-8)11(15)16/h8-9,12H,2-6H2,1H3,(H,15,16). The molecule has 0 aliphatic carbocycles. The van der Waals surface area contributed by atoms with E-state index < -0.39 is 12.1 Å². The van der Waals surface area contributed by atoms with Gasteiger partial charge in [0.1, 0.15) is 0 Å². The highest BCUT2D eigenvalue weighted by Gasteiger charge is 2.29. The van der Waals surface area contributed by atoms with E-state index in [0.717, 1.165) is 13.0 Å². The number of hydrogen-bond donors (Lipinski definition) is 2. The van der Waals surface area contributed by atoms with Gasteiger partial charge in [0.15, 0.2) is 11.9 Å². The number of aromatic nitrogens is 2. The molecule has 0 spiro atoms. The maximum absolute atomic E-state index is 10.7. The largest absolute Gasteiger partial charge is 0.479 e. The smallest absolute Gasteiger partial charge is 0.332 e. The summed E-state index contributed by atoms with van der Waals surface area (Å²) in [5.41, 5.74) is 0. The molecule has 7 nitrogen and oxygen atoms in total. The molecule has 2 rings (SSSR count). The zero-order valence-corrected chi connectivity index (χ0v) is 10.3. The fraction of sp³-hybridized carbons (Fsp3) is 0.727. The van der Waals surface area contributed by atoms with Gasteiger partial charge in [-0.2, -0.15) is 4.98 Å². The summed E-state index contributed by atoms with van der Waals surface area (Å²) < 4.78 is 10.2. The van der Waals surface area contributed by atoms with Gasteiger partial charge in [-0.3, -0.25) is 0 Å². The highest BCUT2D eigenvalue weighted by Crippen LogP contribution is 2.19. The van der Waals surface area contributed by atoms with E-state index in [0.29, 0.717) is 31.1 Å². The molecule has 0 bridgehead atoms. The molecule has 1 aromatic heterocycles. The van der Waals surface area contributed by atoms with Gasteiger partial charge in [0, 0.05) is 26.4 Å². The van der Waals surface area contributed by atoms with Gasteiger partial charge in [0.25, 0.3) is 0 Å². The monoisotopic (exact) mass is 255 g/mol. The Balaban J connectivity index is 1.60. The lowest BCUT2D eigenvalue weighted by molar-refractivity contribution is -0.149. The van der Waals surface area contributed by atoms with E-state index in [1.165, 1.54) is 0 Å². The van der Waals surface area contributed by atoms with E-state index >= 15 is 0 Å². The second-order valence-corrected chi connectivity index (χ2v) is 4.35. The van der Waals surface area contributed by atoms with E-state index in [4.69, 9.17) is 14.4 Å². The molecule has 0 aromatic carbocycles. The summed E-state index contributed by atoms with van der Waals surface area (Å²) in [5.74, 6) is 0.365. The SMILES string of the molecule is Cc1nc(CCNCC2CCC(C(=O)O)O2)no1.